The van der Waals surface area contributed by atoms with Crippen molar-refractivity contribution < 1.29 is 76.1 Å². The normalized spacial score (nSPS) is 11.8. The van der Waals surface area contributed by atoms with Gasteiger partial charge in [0.05, 0.1) is 155 Å². The van der Waals surface area contributed by atoms with Gasteiger partial charge in [-0.25, -0.2) is 14.5 Å². The van der Waals surface area contributed by atoms with Crippen molar-refractivity contribution in [3.63, 3.8) is 0 Å². The summed E-state index contributed by atoms with van der Waals surface area (Å²) in [5, 5.41) is 11.1. The highest BCUT2D eigenvalue weighted by atomic mass is 35.5. The molecule has 0 aromatic heterocycles. The zero-order valence-electron chi connectivity index (χ0n) is 35.0. The average molecular weight is 857 g/mol. The third-order valence-corrected chi connectivity index (χ3v) is 6.82. The van der Waals surface area contributed by atoms with Crippen molar-refractivity contribution in [2.75, 3.05) is 145 Å². The number of carbonyl (C=O) groups excluding carboxylic acids is 2. The Balaban J connectivity index is 1.80. The Kier molecular flexibility index (Phi) is 30.1. The Hall–Kier alpha value is -2.95. The molecular weight excluding hydrogens is 792 g/mol. The highest BCUT2D eigenvalue weighted by Crippen LogP contribution is 2.25. The Morgan fingerprint density at radius 2 is 0.810 bits per heavy atom. The molecule has 336 valence electrons. The Bertz CT molecular complexity index is 1200. The molecule has 0 bridgehead atoms. The van der Waals surface area contributed by atoms with Crippen molar-refractivity contribution in [3.05, 3.63) is 33.3 Å². The zero-order chi connectivity index (χ0) is 42.9. The van der Waals surface area contributed by atoms with Gasteiger partial charge in [-0.2, -0.15) is 0 Å². The zero-order valence-corrected chi connectivity index (χ0v) is 35.8. The van der Waals surface area contributed by atoms with E-state index in [1.807, 2.05) is 0 Å². The number of carbonyl (C=O) groups is 2. The van der Waals surface area contributed by atoms with Gasteiger partial charge in [0, 0.05) is 6.07 Å². The number of nitro benzene ring substituents is 1. The van der Waals surface area contributed by atoms with Crippen LogP contribution in [-0.4, -0.2) is 179 Å². The Morgan fingerprint density at radius 1 is 0.517 bits per heavy atom. The molecule has 0 fully saturated rings. The molecule has 1 rings (SSSR count). The second kappa shape index (κ2) is 32.8. The first-order valence-electron chi connectivity index (χ1n) is 19.3. The van der Waals surface area contributed by atoms with Gasteiger partial charge in [-0.3, -0.25) is 10.1 Å². The predicted octanol–water partition coefficient (Wildman–Crippen LogP) is 4.97. The van der Waals surface area contributed by atoms with Crippen LogP contribution in [0.2, 0.25) is 5.02 Å². The van der Waals surface area contributed by atoms with Crippen LogP contribution in [0.1, 0.15) is 41.5 Å². The molecule has 20 heteroatoms. The number of rotatable bonds is 35. The molecular formula is C38H65ClN2O17. The van der Waals surface area contributed by atoms with E-state index in [0.29, 0.717) is 125 Å². The van der Waals surface area contributed by atoms with E-state index in [9.17, 15) is 19.7 Å². The van der Waals surface area contributed by atoms with E-state index in [0.717, 1.165) is 4.90 Å². The first kappa shape index (κ1) is 53.1. The number of ether oxygens (including phenoxy) is 13. The van der Waals surface area contributed by atoms with Crippen LogP contribution in [0.15, 0.2) is 18.2 Å². The van der Waals surface area contributed by atoms with Crippen molar-refractivity contribution in [1.29, 1.82) is 0 Å². The van der Waals surface area contributed by atoms with E-state index in [2.05, 4.69) is 0 Å². The fourth-order valence-electron chi connectivity index (χ4n) is 4.08. The number of nitrogens with zero attached hydrogens (tertiary/aromatic N) is 2. The van der Waals surface area contributed by atoms with Crippen molar-refractivity contribution in [3.8, 4) is 5.75 Å². The minimum atomic E-state index is -0.794. The smallest absolute Gasteiger partial charge is 0.419 e. The van der Waals surface area contributed by atoms with Crippen LogP contribution in [0.3, 0.4) is 0 Å². The van der Waals surface area contributed by atoms with Gasteiger partial charge < -0.3 is 61.6 Å². The number of hydrogen-bond acceptors (Lipinski definition) is 17. The molecule has 0 radical (unpaired) electrons. The molecule has 0 saturated carbocycles. The summed E-state index contributed by atoms with van der Waals surface area (Å²) in [7, 11) is 0. The van der Waals surface area contributed by atoms with Crippen LogP contribution >= 0.6 is 11.6 Å². The van der Waals surface area contributed by atoms with Crippen LogP contribution in [0, 0.1) is 10.1 Å². The molecule has 0 aliphatic heterocycles. The third-order valence-electron chi connectivity index (χ3n) is 6.60. The maximum absolute atomic E-state index is 12.5. The lowest BCUT2D eigenvalue weighted by molar-refractivity contribution is -0.384. The van der Waals surface area contributed by atoms with Crippen molar-refractivity contribution in [1.82, 2.24) is 4.90 Å². The second-order valence-electron chi connectivity index (χ2n) is 14.0. The molecule has 1 aromatic carbocycles. The van der Waals surface area contributed by atoms with Crippen LogP contribution in [-0.2, 0) is 56.8 Å². The van der Waals surface area contributed by atoms with Gasteiger partial charge in [-0.05, 0) is 47.6 Å². The first-order valence-corrected chi connectivity index (χ1v) is 19.6. The van der Waals surface area contributed by atoms with E-state index in [1.165, 1.54) is 18.2 Å². The van der Waals surface area contributed by atoms with Gasteiger partial charge in [0.25, 0.3) is 5.69 Å². The number of amides is 2. The number of halogens is 1. The van der Waals surface area contributed by atoms with E-state index in [1.54, 1.807) is 41.5 Å². The van der Waals surface area contributed by atoms with Crippen LogP contribution in [0.4, 0.5) is 15.3 Å². The molecule has 1 aromatic rings. The van der Waals surface area contributed by atoms with Crippen LogP contribution < -0.4 is 4.74 Å². The summed E-state index contributed by atoms with van der Waals surface area (Å²) in [6.45, 7) is 18.3. The molecule has 19 nitrogen and oxygen atoms in total. The number of non-ortho nitro benzene ring substituents is 1. The van der Waals surface area contributed by atoms with E-state index >= 15 is 0 Å². The highest BCUT2D eigenvalue weighted by Gasteiger charge is 2.31. The summed E-state index contributed by atoms with van der Waals surface area (Å²) in [6.07, 6.45) is -1.59. The van der Waals surface area contributed by atoms with Crippen molar-refractivity contribution in [2.24, 2.45) is 0 Å². The minimum absolute atomic E-state index is 0.0206. The second-order valence-corrected chi connectivity index (χ2v) is 14.4. The van der Waals surface area contributed by atoms with E-state index in [4.69, 9.17) is 73.2 Å². The molecule has 0 atom stereocenters. The van der Waals surface area contributed by atoms with Crippen LogP contribution in [0.5, 0.6) is 5.75 Å². The summed E-state index contributed by atoms with van der Waals surface area (Å²) >= 11 is 5.86. The lowest BCUT2D eigenvalue weighted by Gasteiger charge is -2.28. The largest absolute Gasteiger partial charge is 0.491 e. The maximum Gasteiger partial charge on any atom is 0.419 e. The van der Waals surface area contributed by atoms with Crippen LogP contribution in [0.25, 0.3) is 0 Å². The van der Waals surface area contributed by atoms with Gasteiger partial charge >= 0.3 is 12.2 Å². The summed E-state index contributed by atoms with van der Waals surface area (Å²) in [5.74, 6) is 0.309. The minimum Gasteiger partial charge on any atom is -0.491 e. The lowest BCUT2D eigenvalue weighted by atomic mass is 10.2. The third kappa shape index (κ3) is 32.0. The Labute approximate surface area is 347 Å². The fraction of sp³-hybridized carbons (Fsp3) is 0.789. The monoisotopic (exact) mass is 856 g/mol. The van der Waals surface area contributed by atoms with E-state index < -0.39 is 28.3 Å². The van der Waals surface area contributed by atoms with Crippen molar-refractivity contribution in [2.45, 2.75) is 52.7 Å². The van der Waals surface area contributed by atoms with Gasteiger partial charge in [0.15, 0.2) is 0 Å². The summed E-state index contributed by atoms with van der Waals surface area (Å²) in [6, 6.07) is 4.07. The summed E-state index contributed by atoms with van der Waals surface area (Å²) < 4.78 is 70.8. The molecule has 0 unspecified atom stereocenters. The molecule has 0 N–H and O–H groups in total. The Morgan fingerprint density at radius 3 is 1.10 bits per heavy atom. The number of benzene rings is 1. The molecule has 0 spiro atoms. The maximum atomic E-state index is 12.5. The molecule has 0 aliphatic carbocycles. The molecule has 0 saturated heterocycles. The molecule has 0 heterocycles. The number of hydrogen-bond donors (Lipinski definition) is 0. The first-order chi connectivity index (χ1) is 27.7. The highest BCUT2D eigenvalue weighted by molar-refractivity contribution is 6.30. The van der Waals surface area contributed by atoms with Gasteiger partial charge in [-0.1, -0.05) is 11.6 Å². The predicted molar refractivity (Wildman–Crippen MR) is 211 cm³/mol. The summed E-state index contributed by atoms with van der Waals surface area (Å²) in [5.41, 5.74) is -1.66. The fourth-order valence-corrected chi connectivity index (χ4v) is 4.30. The van der Waals surface area contributed by atoms with Crippen molar-refractivity contribution >= 4 is 29.5 Å². The molecule has 58 heavy (non-hydrogen) atoms. The van der Waals surface area contributed by atoms with E-state index in [-0.39, 0.29) is 37.1 Å². The van der Waals surface area contributed by atoms with Gasteiger partial charge in [0.2, 0.25) is 0 Å². The van der Waals surface area contributed by atoms with Gasteiger partial charge in [0.1, 0.15) is 23.6 Å². The van der Waals surface area contributed by atoms with Gasteiger partial charge in [-0.15, -0.1) is 0 Å². The lowest BCUT2D eigenvalue weighted by Crippen LogP contribution is -2.45. The SMILES string of the molecule is CC(C)(C)OC(=O)N(CCOCCOCCOCCOCCOCCOCCOCCOCCOCCOCCOc1cc(Cl)cc([N+](=O)[O-])c1)C(=O)OC(C)(C)C. The molecule has 0 aliphatic rings. The molecule has 2 amide bonds. The standard InChI is InChI=1S/C38H65ClN2O17/c1-37(2,3)57-35(42)40(36(43)58-38(4,5)6)7-8-46-9-10-47-11-12-48-13-14-49-15-16-50-17-18-51-19-20-52-21-22-53-23-24-54-25-26-55-27-28-56-34-30-32(39)29-33(31-34)41(44)45/h29-31H,7-28H2,1-6H3. The quantitative estimate of drug-likeness (QED) is 0.0503. The average Bonchev–Trinajstić information content (AvgIpc) is 3.13. The number of nitro groups is 1. The number of imide groups is 1. The topological polar surface area (TPSA) is 201 Å². The summed E-state index contributed by atoms with van der Waals surface area (Å²) in [4.78, 5) is 36.2.